The number of aromatic hydroxyl groups is 1. The lowest BCUT2D eigenvalue weighted by molar-refractivity contribution is 0.291. The first-order valence-corrected chi connectivity index (χ1v) is 12.5. The van der Waals surface area contributed by atoms with Crippen LogP contribution >= 0.6 is 0 Å². The van der Waals surface area contributed by atoms with E-state index in [0.717, 1.165) is 39.6 Å². The highest BCUT2D eigenvalue weighted by Crippen LogP contribution is 2.41. The Morgan fingerprint density at radius 1 is 0.861 bits per heavy atom. The molecule has 0 saturated carbocycles. The highest BCUT2D eigenvalue weighted by molar-refractivity contribution is 5.81. The first-order valence-electron chi connectivity index (χ1n) is 12.5. The molecule has 1 unspecified atom stereocenters. The van der Waals surface area contributed by atoms with Gasteiger partial charge in [-0.3, -0.25) is 0 Å². The minimum Gasteiger partial charge on any atom is -0.506 e. The van der Waals surface area contributed by atoms with E-state index in [-0.39, 0.29) is 22.6 Å². The first kappa shape index (κ1) is 24.0. The summed E-state index contributed by atoms with van der Waals surface area (Å²) in [4.78, 5) is 3.38. The Kier molecular flexibility index (Phi) is 5.62. The van der Waals surface area contributed by atoms with Gasteiger partial charge in [-0.2, -0.15) is 15.0 Å². The summed E-state index contributed by atoms with van der Waals surface area (Å²) in [6, 6.07) is 17.8. The molecule has 0 saturated heterocycles. The van der Waals surface area contributed by atoms with Crippen LogP contribution in [0.2, 0.25) is 0 Å². The van der Waals surface area contributed by atoms with Crippen LogP contribution in [-0.4, -0.2) is 35.1 Å². The number of rotatable bonds is 6. The number of aryl methyl sites for hydroxylation is 1. The van der Waals surface area contributed by atoms with Gasteiger partial charge >= 0.3 is 0 Å². The summed E-state index contributed by atoms with van der Waals surface area (Å²) in [5.74, 6) is 0.150. The molecular formula is C29H34N6O. The van der Waals surface area contributed by atoms with Crippen molar-refractivity contribution in [1.29, 1.82) is 0 Å². The zero-order valence-corrected chi connectivity index (χ0v) is 22.1. The van der Waals surface area contributed by atoms with Gasteiger partial charge in [-0.25, -0.2) is 0 Å². The minimum absolute atomic E-state index is 0.0316. The number of nitrogens with zero attached hydrogens (tertiary/aromatic N) is 6. The molecule has 1 atom stereocenters. The average molecular weight is 483 g/mol. The number of aromatic nitrogens is 6. The van der Waals surface area contributed by atoms with Gasteiger partial charge in [-0.15, -0.1) is 15.0 Å². The van der Waals surface area contributed by atoms with Gasteiger partial charge < -0.3 is 5.11 Å². The van der Waals surface area contributed by atoms with Crippen molar-refractivity contribution in [3.05, 3.63) is 71.3 Å². The third-order valence-corrected chi connectivity index (χ3v) is 7.89. The van der Waals surface area contributed by atoms with Gasteiger partial charge in [0.25, 0.3) is 0 Å². The van der Waals surface area contributed by atoms with Crippen LogP contribution in [0.1, 0.15) is 70.7 Å². The van der Waals surface area contributed by atoms with Crippen molar-refractivity contribution in [3.8, 4) is 11.4 Å². The Morgan fingerprint density at radius 3 is 2.17 bits per heavy atom. The third-order valence-electron chi connectivity index (χ3n) is 7.89. The zero-order valence-electron chi connectivity index (χ0n) is 22.1. The van der Waals surface area contributed by atoms with E-state index in [2.05, 4.69) is 53.7 Å². The van der Waals surface area contributed by atoms with E-state index in [4.69, 9.17) is 20.4 Å². The predicted octanol–water partition coefficient (Wildman–Crippen LogP) is 6.41. The Labute approximate surface area is 211 Å². The molecule has 5 aromatic rings. The highest BCUT2D eigenvalue weighted by atomic mass is 16.3. The lowest BCUT2D eigenvalue weighted by Crippen LogP contribution is -2.31. The molecule has 0 spiro atoms. The predicted molar refractivity (Wildman–Crippen MR) is 144 cm³/mol. The number of phenols is 1. The fourth-order valence-corrected chi connectivity index (χ4v) is 4.57. The van der Waals surface area contributed by atoms with Gasteiger partial charge in [0.05, 0.1) is 6.04 Å². The van der Waals surface area contributed by atoms with Crippen LogP contribution in [0.3, 0.4) is 0 Å². The largest absolute Gasteiger partial charge is 0.506 e. The topological polar surface area (TPSA) is 81.7 Å². The summed E-state index contributed by atoms with van der Waals surface area (Å²) in [5, 5.41) is 29.9. The standard InChI is InChI=1S/C29H34N6O/c1-8-28(4,5)20-16-21(29(6,7)19(3)34-30-22-11-9-10-12-23(22)31-34)27-24(17-20)32-35(33-27)25-15-18(2)13-14-26(25)36/h9-17,19,36H,8H2,1-7H3. The van der Waals surface area contributed by atoms with Gasteiger partial charge in [0.15, 0.2) is 0 Å². The Balaban J connectivity index is 1.71. The summed E-state index contributed by atoms with van der Waals surface area (Å²) in [6.07, 6.45) is 0.993. The minimum atomic E-state index is -0.372. The van der Waals surface area contributed by atoms with Gasteiger partial charge in [0.2, 0.25) is 0 Å². The van der Waals surface area contributed by atoms with E-state index in [9.17, 15) is 5.11 Å². The fraction of sp³-hybridized carbons (Fsp3) is 0.379. The smallest absolute Gasteiger partial charge is 0.143 e. The molecule has 7 nitrogen and oxygen atoms in total. The van der Waals surface area contributed by atoms with E-state index in [1.807, 2.05) is 48.1 Å². The fourth-order valence-electron chi connectivity index (χ4n) is 4.57. The molecule has 0 aliphatic rings. The molecular weight excluding hydrogens is 448 g/mol. The number of phenolic OH excluding ortho intramolecular Hbond substituents is 1. The van der Waals surface area contributed by atoms with Crippen molar-refractivity contribution in [2.45, 2.75) is 71.8 Å². The molecule has 0 aliphatic heterocycles. The molecule has 0 bridgehead atoms. The van der Waals surface area contributed by atoms with E-state index in [0.29, 0.717) is 5.69 Å². The van der Waals surface area contributed by atoms with Crippen LogP contribution < -0.4 is 0 Å². The average Bonchev–Trinajstić information content (AvgIpc) is 3.48. The molecule has 0 aliphatic carbocycles. The van der Waals surface area contributed by atoms with Crippen LogP contribution in [0.25, 0.3) is 27.8 Å². The summed E-state index contributed by atoms with van der Waals surface area (Å²) in [6.45, 7) is 15.3. The quantitative estimate of drug-likeness (QED) is 0.303. The summed E-state index contributed by atoms with van der Waals surface area (Å²) in [7, 11) is 0. The number of hydrogen-bond acceptors (Lipinski definition) is 5. The molecule has 0 radical (unpaired) electrons. The molecule has 5 rings (SSSR count). The van der Waals surface area contributed by atoms with E-state index in [1.165, 1.54) is 5.56 Å². The molecule has 7 heteroatoms. The molecule has 0 amide bonds. The monoisotopic (exact) mass is 482 g/mol. The van der Waals surface area contributed by atoms with Crippen LogP contribution in [0.5, 0.6) is 5.75 Å². The number of benzene rings is 3. The SMILES string of the molecule is CCC(C)(C)c1cc(C(C)(C)C(C)n2nc3ccccc3n2)c2nn(-c3cc(C)ccc3O)nc2c1. The molecule has 1 N–H and O–H groups in total. The van der Waals surface area contributed by atoms with Crippen LogP contribution in [0.4, 0.5) is 0 Å². The highest BCUT2D eigenvalue weighted by Gasteiger charge is 2.35. The zero-order chi connectivity index (χ0) is 25.8. The van der Waals surface area contributed by atoms with Gasteiger partial charge in [-0.1, -0.05) is 58.9 Å². The summed E-state index contributed by atoms with van der Waals surface area (Å²) < 4.78 is 0. The Hall–Kier alpha value is -3.74. The summed E-state index contributed by atoms with van der Waals surface area (Å²) >= 11 is 0. The summed E-state index contributed by atoms with van der Waals surface area (Å²) in [5.41, 5.74) is 6.89. The first-order chi connectivity index (χ1) is 17.0. The lowest BCUT2D eigenvalue weighted by atomic mass is 9.74. The van der Waals surface area contributed by atoms with Crippen molar-refractivity contribution in [2.24, 2.45) is 0 Å². The number of hydrogen-bond donors (Lipinski definition) is 1. The van der Waals surface area contributed by atoms with Gasteiger partial charge in [-0.05, 0) is 72.7 Å². The molecule has 2 heterocycles. The second-order valence-electron chi connectivity index (χ2n) is 11.0. The van der Waals surface area contributed by atoms with Crippen molar-refractivity contribution in [1.82, 2.24) is 30.0 Å². The van der Waals surface area contributed by atoms with Crippen LogP contribution in [0.15, 0.2) is 54.6 Å². The molecule has 186 valence electrons. The van der Waals surface area contributed by atoms with Crippen molar-refractivity contribution >= 4 is 22.1 Å². The Morgan fingerprint density at radius 2 is 1.53 bits per heavy atom. The lowest BCUT2D eigenvalue weighted by Gasteiger charge is -2.33. The van der Waals surface area contributed by atoms with Crippen molar-refractivity contribution in [2.75, 3.05) is 0 Å². The maximum Gasteiger partial charge on any atom is 0.143 e. The van der Waals surface area contributed by atoms with Crippen LogP contribution in [0, 0.1) is 6.92 Å². The second-order valence-corrected chi connectivity index (χ2v) is 11.0. The molecule has 3 aromatic carbocycles. The normalized spacial score (nSPS) is 13.5. The maximum atomic E-state index is 10.5. The van der Waals surface area contributed by atoms with Crippen molar-refractivity contribution in [3.63, 3.8) is 0 Å². The maximum absolute atomic E-state index is 10.5. The third kappa shape index (κ3) is 3.92. The second kappa shape index (κ2) is 8.43. The van der Waals surface area contributed by atoms with E-state index < -0.39 is 0 Å². The number of fused-ring (bicyclic) bond motifs is 2. The van der Waals surface area contributed by atoms with Gasteiger partial charge in [0.1, 0.15) is 33.5 Å². The molecule has 2 aromatic heterocycles. The van der Waals surface area contributed by atoms with E-state index >= 15 is 0 Å². The van der Waals surface area contributed by atoms with Gasteiger partial charge in [0, 0.05) is 5.41 Å². The van der Waals surface area contributed by atoms with Crippen molar-refractivity contribution < 1.29 is 5.11 Å². The molecule has 36 heavy (non-hydrogen) atoms. The molecule has 0 fully saturated rings. The Bertz CT molecular complexity index is 1540. The van der Waals surface area contributed by atoms with Crippen LogP contribution in [-0.2, 0) is 10.8 Å². The van der Waals surface area contributed by atoms with E-state index in [1.54, 1.807) is 10.9 Å².